The molecular weight excluding hydrogens is 413 g/mol. The number of anilines is 1. The topological polar surface area (TPSA) is 105 Å². The van der Waals surface area contributed by atoms with Gasteiger partial charge in [0.05, 0.1) is 10.5 Å². The van der Waals surface area contributed by atoms with Gasteiger partial charge in [0.1, 0.15) is 11.6 Å². The van der Waals surface area contributed by atoms with E-state index in [-0.39, 0.29) is 29.3 Å². The minimum atomic E-state index is -3.86. The summed E-state index contributed by atoms with van der Waals surface area (Å²) in [5.74, 6) is -1.84. The van der Waals surface area contributed by atoms with Crippen LogP contribution in [0.15, 0.2) is 47.4 Å². The molecule has 8 nitrogen and oxygen atoms in total. The first-order valence-corrected chi connectivity index (χ1v) is 10.7. The number of benzene rings is 2. The average Bonchev–Trinajstić information content (AvgIpc) is 2.67. The van der Waals surface area contributed by atoms with Crippen LogP contribution in [0.4, 0.5) is 14.9 Å². The fourth-order valence-electron chi connectivity index (χ4n) is 2.46. The minimum Gasteiger partial charge on any atom is -0.423 e. The van der Waals surface area contributed by atoms with Crippen molar-refractivity contribution in [1.29, 1.82) is 0 Å². The Balaban J connectivity index is 2.18. The Bertz CT molecular complexity index is 1020. The Morgan fingerprint density at radius 3 is 2.33 bits per heavy atom. The van der Waals surface area contributed by atoms with Crippen LogP contribution in [0.1, 0.15) is 31.1 Å². The van der Waals surface area contributed by atoms with Gasteiger partial charge in [-0.05, 0) is 56.3 Å². The molecule has 162 valence electrons. The van der Waals surface area contributed by atoms with Crippen LogP contribution in [0.25, 0.3) is 0 Å². The van der Waals surface area contributed by atoms with E-state index in [9.17, 15) is 22.4 Å². The summed E-state index contributed by atoms with van der Waals surface area (Å²) >= 11 is 0. The summed E-state index contributed by atoms with van der Waals surface area (Å²) in [5.41, 5.74) is 0.0457. The van der Waals surface area contributed by atoms with E-state index in [2.05, 4.69) is 10.0 Å². The van der Waals surface area contributed by atoms with Crippen LogP contribution in [-0.2, 0) is 10.0 Å². The molecule has 0 spiro atoms. The zero-order chi connectivity index (χ0) is 22.5. The smallest absolute Gasteiger partial charge is 0.346 e. The maximum atomic E-state index is 14.1. The van der Waals surface area contributed by atoms with Gasteiger partial charge in [0.25, 0.3) is 0 Å². The molecule has 0 saturated carbocycles. The third-order valence-electron chi connectivity index (χ3n) is 3.95. The quantitative estimate of drug-likeness (QED) is 0.512. The van der Waals surface area contributed by atoms with Crippen molar-refractivity contribution in [3.05, 3.63) is 53.8 Å². The zero-order valence-corrected chi connectivity index (χ0v) is 17.9. The molecule has 0 radical (unpaired) electrons. The van der Waals surface area contributed by atoms with Gasteiger partial charge in [0, 0.05) is 25.3 Å². The summed E-state index contributed by atoms with van der Waals surface area (Å²) < 4.78 is 45.7. The van der Waals surface area contributed by atoms with E-state index in [1.54, 1.807) is 26.1 Å². The molecule has 0 unspecified atom stereocenters. The van der Waals surface area contributed by atoms with Crippen molar-refractivity contribution in [2.24, 2.45) is 0 Å². The highest BCUT2D eigenvalue weighted by atomic mass is 32.2. The zero-order valence-electron chi connectivity index (χ0n) is 17.1. The third-order valence-corrected chi connectivity index (χ3v) is 5.50. The van der Waals surface area contributed by atoms with Crippen LogP contribution in [0.3, 0.4) is 0 Å². The van der Waals surface area contributed by atoms with Crippen molar-refractivity contribution >= 4 is 27.7 Å². The lowest BCUT2D eigenvalue weighted by molar-refractivity contribution is 0.0729. The monoisotopic (exact) mass is 437 g/mol. The van der Waals surface area contributed by atoms with Gasteiger partial charge in [-0.25, -0.2) is 27.1 Å². The molecule has 2 rings (SSSR count). The summed E-state index contributed by atoms with van der Waals surface area (Å²) in [6, 6.07) is 8.58. The van der Waals surface area contributed by atoms with E-state index in [1.165, 1.54) is 17.0 Å². The molecule has 2 aromatic rings. The Morgan fingerprint density at radius 1 is 1.13 bits per heavy atom. The number of ether oxygens (including phenoxy) is 1. The average molecular weight is 437 g/mol. The van der Waals surface area contributed by atoms with E-state index in [0.29, 0.717) is 5.69 Å². The highest BCUT2D eigenvalue weighted by molar-refractivity contribution is 7.89. The van der Waals surface area contributed by atoms with Crippen LogP contribution in [-0.4, -0.2) is 40.1 Å². The first kappa shape index (κ1) is 23.3. The van der Waals surface area contributed by atoms with Gasteiger partial charge in [-0.15, -0.1) is 0 Å². The number of carbonyl (C=O) groups is 2. The third kappa shape index (κ3) is 5.77. The number of rotatable bonds is 7. The molecule has 0 heterocycles. The van der Waals surface area contributed by atoms with E-state index < -0.39 is 27.4 Å². The number of nitrogens with one attached hydrogen (secondary N) is 2. The highest BCUT2D eigenvalue weighted by Gasteiger charge is 2.20. The molecule has 0 aliphatic carbocycles. The number of sulfonamides is 1. The summed E-state index contributed by atoms with van der Waals surface area (Å²) in [5, 5.41) is 2.75. The molecule has 0 aliphatic rings. The number of esters is 1. The Kier molecular flexibility index (Phi) is 7.52. The van der Waals surface area contributed by atoms with E-state index in [4.69, 9.17) is 4.74 Å². The summed E-state index contributed by atoms with van der Waals surface area (Å²) in [4.78, 5) is 25.5. The van der Waals surface area contributed by atoms with Crippen LogP contribution in [0, 0.1) is 5.82 Å². The maximum absolute atomic E-state index is 14.1. The minimum absolute atomic E-state index is 0.0258. The van der Waals surface area contributed by atoms with Crippen molar-refractivity contribution in [2.45, 2.75) is 31.7 Å². The lowest BCUT2D eigenvalue weighted by Crippen LogP contribution is -2.40. The summed E-state index contributed by atoms with van der Waals surface area (Å²) in [6.07, 6.45) is 0. The van der Waals surface area contributed by atoms with Crippen molar-refractivity contribution in [3.8, 4) is 5.75 Å². The number of carbonyl (C=O) groups excluding carboxylic acids is 2. The molecule has 2 N–H and O–H groups in total. The number of halogens is 1. The van der Waals surface area contributed by atoms with Crippen LogP contribution >= 0.6 is 0 Å². The standard InChI is InChI=1S/C20H24FN3O5S/c1-5-22-30(27,28)16-10-11-18(21)17(12-16)19(25)29-15-8-6-14(7-9-15)24(4)20(26)23-13(2)3/h6-13,22H,5H2,1-4H3,(H,23,26). The maximum Gasteiger partial charge on any atom is 0.346 e. The molecule has 0 aromatic heterocycles. The summed E-state index contributed by atoms with van der Waals surface area (Å²) in [6.45, 7) is 5.43. The van der Waals surface area contributed by atoms with E-state index in [1.807, 2.05) is 13.8 Å². The van der Waals surface area contributed by atoms with Gasteiger partial charge < -0.3 is 10.1 Å². The predicted octanol–water partition coefficient (Wildman–Crippen LogP) is 2.90. The lowest BCUT2D eigenvalue weighted by atomic mass is 10.2. The van der Waals surface area contributed by atoms with Gasteiger partial charge in [-0.2, -0.15) is 0 Å². The molecule has 0 fully saturated rings. The molecule has 0 saturated heterocycles. The van der Waals surface area contributed by atoms with Gasteiger partial charge in [-0.3, -0.25) is 4.90 Å². The normalized spacial score (nSPS) is 11.3. The van der Waals surface area contributed by atoms with Crippen LogP contribution in [0.2, 0.25) is 0 Å². The highest BCUT2D eigenvalue weighted by Crippen LogP contribution is 2.21. The number of amides is 2. The second-order valence-electron chi connectivity index (χ2n) is 6.69. The van der Waals surface area contributed by atoms with Gasteiger partial charge >= 0.3 is 12.0 Å². The fourth-order valence-corrected chi connectivity index (χ4v) is 3.53. The molecule has 0 bridgehead atoms. The van der Waals surface area contributed by atoms with Crippen molar-refractivity contribution in [2.75, 3.05) is 18.5 Å². The van der Waals surface area contributed by atoms with Crippen molar-refractivity contribution in [3.63, 3.8) is 0 Å². The van der Waals surface area contributed by atoms with E-state index >= 15 is 0 Å². The number of hydrogen-bond donors (Lipinski definition) is 2. The SMILES string of the molecule is CCNS(=O)(=O)c1ccc(F)c(C(=O)Oc2ccc(N(C)C(=O)NC(C)C)cc2)c1. The molecular formula is C20H24FN3O5S. The lowest BCUT2D eigenvalue weighted by Gasteiger charge is -2.20. The largest absolute Gasteiger partial charge is 0.423 e. The first-order valence-electron chi connectivity index (χ1n) is 9.20. The second kappa shape index (κ2) is 9.68. The molecule has 0 aliphatic heterocycles. The predicted molar refractivity (Wildman–Crippen MR) is 111 cm³/mol. The van der Waals surface area contributed by atoms with Crippen LogP contribution in [0.5, 0.6) is 5.75 Å². The van der Waals surface area contributed by atoms with E-state index in [0.717, 1.165) is 18.2 Å². The molecule has 10 heteroatoms. The van der Waals surface area contributed by atoms with Crippen molar-refractivity contribution in [1.82, 2.24) is 10.0 Å². The number of urea groups is 1. The molecule has 0 atom stereocenters. The Morgan fingerprint density at radius 2 is 1.77 bits per heavy atom. The van der Waals surface area contributed by atoms with Crippen LogP contribution < -0.4 is 19.7 Å². The second-order valence-corrected chi connectivity index (χ2v) is 8.46. The number of nitrogens with zero attached hydrogens (tertiary/aromatic N) is 1. The van der Waals surface area contributed by atoms with Gasteiger partial charge in [0.2, 0.25) is 10.0 Å². The Hall–Kier alpha value is -2.98. The molecule has 2 aromatic carbocycles. The first-order chi connectivity index (χ1) is 14.0. The molecule has 2 amide bonds. The molecule has 30 heavy (non-hydrogen) atoms. The Labute approximate surface area is 175 Å². The fraction of sp³-hybridized carbons (Fsp3) is 0.300. The summed E-state index contributed by atoms with van der Waals surface area (Å²) in [7, 11) is -2.27. The van der Waals surface area contributed by atoms with Gasteiger partial charge in [-0.1, -0.05) is 6.92 Å². The van der Waals surface area contributed by atoms with Gasteiger partial charge in [0.15, 0.2) is 0 Å². The number of hydrogen-bond acceptors (Lipinski definition) is 5. The van der Waals surface area contributed by atoms with Crippen molar-refractivity contribution < 1.29 is 27.1 Å².